The van der Waals surface area contributed by atoms with Crippen LogP contribution in [0, 0.1) is 5.82 Å². The van der Waals surface area contributed by atoms with Gasteiger partial charge in [-0.1, -0.05) is 48.5 Å². The molecule has 0 aliphatic rings. The lowest BCUT2D eigenvalue weighted by atomic mass is 10.1. The van der Waals surface area contributed by atoms with E-state index in [-0.39, 0.29) is 5.82 Å². The summed E-state index contributed by atoms with van der Waals surface area (Å²) in [4.78, 5) is 12.4. The van der Waals surface area contributed by atoms with Crippen LogP contribution < -0.4 is 9.73 Å². The van der Waals surface area contributed by atoms with Crippen LogP contribution in [0.1, 0.15) is 12.5 Å². The van der Waals surface area contributed by atoms with Gasteiger partial charge in [-0.2, -0.15) is 5.10 Å². The molecule has 1 amide bonds. The zero-order valence-electron chi connectivity index (χ0n) is 16.0. The molecule has 29 heavy (non-hydrogen) atoms. The number of nitrogens with one attached hydrogen (secondary N) is 1. The van der Waals surface area contributed by atoms with Crippen molar-refractivity contribution in [2.75, 3.05) is 17.1 Å². The van der Waals surface area contributed by atoms with Crippen LogP contribution in [0.5, 0.6) is 0 Å². The van der Waals surface area contributed by atoms with Crippen molar-refractivity contribution < 1.29 is 17.6 Å². The molecule has 0 fully saturated rings. The molecule has 1 N–H and O–H groups in total. The van der Waals surface area contributed by atoms with E-state index in [1.807, 2.05) is 24.3 Å². The molecule has 150 valence electrons. The highest BCUT2D eigenvalue weighted by Gasteiger charge is 2.22. The van der Waals surface area contributed by atoms with Gasteiger partial charge in [-0.3, -0.25) is 9.10 Å². The van der Waals surface area contributed by atoms with Crippen LogP contribution >= 0.6 is 0 Å². The number of benzene rings is 3. The summed E-state index contributed by atoms with van der Waals surface area (Å²) in [5.74, 6) is -0.964. The number of hydrogen-bond donors (Lipinski definition) is 1. The number of rotatable bonds is 6. The molecule has 3 rings (SSSR count). The van der Waals surface area contributed by atoms with Crippen molar-refractivity contribution in [3.05, 3.63) is 78.1 Å². The Kier molecular flexibility index (Phi) is 5.93. The first-order chi connectivity index (χ1) is 13.8. The minimum absolute atomic E-state index is 0.371. The maximum atomic E-state index is 13.0. The first-order valence-corrected chi connectivity index (χ1v) is 10.6. The highest BCUT2D eigenvalue weighted by Crippen LogP contribution is 2.28. The van der Waals surface area contributed by atoms with Crippen molar-refractivity contribution in [1.29, 1.82) is 0 Å². The average molecular weight is 413 g/mol. The highest BCUT2D eigenvalue weighted by atomic mass is 32.2. The van der Waals surface area contributed by atoms with E-state index >= 15 is 0 Å². The Balaban J connectivity index is 1.83. The fourth-order valence-corrected chi connectivity index (χ4v) is 3.74. The number of sulfonamides is 1. The summed E-state index contributed by atoms with van der Waals surface area (Å²) in [6.45, 7) is 1.24. The summed E-state index contributed by atoms with van der Waals surface area (Å²) in [7, 11) is -3.72. The molecular weight excluding hydrogens is 393 g/mol. The van der Waals surface area contributed by atoms with Gasteiger partial charge in [0, 0.05) is 5.39 Å². The van der Waals surface area contributed by atoms with Gasteiger partial charge in [0.2, 0.25) is 10.0 Å². The summed E-state index contributed by atoms with van der Waals surface area (Å²) in [6, 6.07) is 18.3. The van der Waals surface area contributed by atoms with E-state index in [0.717, 1.165) is 21.3 Å². The SMILES string of the molecule is C/C(=N/NC(=O)CN(c1cccc2ccccc12)S(C)(=O)=O)c1ccc(F)cc1. The molecule has 8 heteroatoms. The molecule has 0 saturated heterocycles. The van der Waals surface area contributed by atoms with Crippen LogP contribution in [-0.4, -0.2) is 32.8 Å². The lowest BCUT2D eigenvalue weighted by molar-refractivity contribution is -0.119. The molecule has 0 unspecified atom stereocenters. The van der Waals surface area contributed by atoms with Gasteiger partial charge in [0.15, 0.2) is 0 Å². The van der Waals surface area contributed by atoms with Crippen LogP contribution in [0.4, 0.5) is 10.1 Å². The van der Waals surface area contributed by atoms with E-state index in [1.54, 1.807) is 37.3 Å². The molecule has 0 spiro atoms. The smallest absolute Gasteiger partial charge is 0.260 e. The standard InChI is InChI=1S/C21H20FN3O3S/c1-15(16-10-12-18(22)13-11-16)23-24-21(26)14-25(29(2,27)28)20-9-5-7-17-6-3-4-8-19(17)20/h3-13H,14H2,1-2H3,(H,24,26)/b23-15-. The maximum Gasteiger partial charge on any atom is 0.260 e. The fraction of sp³-hybridized carbons (Fsp3) is 0.143. The highest BCUT2D eigenvalue weighted by molar-refractivity contribution is 7.92. The lowest BCUT2D eigenvalue weighted by Crippen LogP contribution is -2.39. The molecule has 0 heterocycles. The Morgan fingerprint density at radius 1 is 1.03 bits per heavy atom. The van der Waals surface area contributed by atoms with Crippen LogP contribution in [0.25, 0.3) is 10.8 Å². The van der Waals surface area contributed by atoms with E-state index in [4.69, 9.17) is 0 Å². The zero-order valence-corrected chi connectivity index (χ0v) is 16.8. The van der Waals surface area contributed by atoms with Crippen molar-refractivity contribution in [2.45, 2.75) is 6.92 Å². The Labute approximate surface area is 168 Å². The minimum Gasteiger partial charge on any atom is -0.271 e. The van der Waals surface area contributed by atoms with Crippen molar-refractivity contribution in [1.82, 2.24) is 5.43 Å². The van der Waals surface area contributed by atoms with Gasteiger partial charge in [0.25, 0.3) is 5.91 Å². The third kappa shape index (κ3) is 4.97. The van der Waals surface area contributed by atoms with Crippen LogP contribution in [-0.2, 0) is 14.8 Å². The fourth-order valence-electron chi connectivity index (χ4n) is 2.87. The van der Waals surface area contributed by atoms with Gasteiger partial charge in [-0.15, -0.1) is 0 Å². The van der Waals surface area contributed by atoms with Gasteiger partial charge in [0.05, 0.1) is 17.7 Å². The monoisotopic (exact) mass is 413 g/mol. The molecule has 0 aliphatic carbocycles. The summed E-state index contributed by atoms with van der Waals surface area (Å²) < 4.78 is 38.8. The summed E-state index contributed by atoms with van der Waals surface area (Å²) in [6.07, 6.45) is 1.05. The number of carbonyl (C=O) groups is 1. The Hall–Kier alpha value is -3.26. The van der Waals surface area contributed by atoms with Gasteiger partial charge in [-0.05, 0) is 36.1 Å². The molecule has 0 atom stereocenters. The van der Waals surface area contributed by atoms with Crippen LogP contribution in [0.2, 0.25) is 0 Å². The van der Waals surface area contributed by atoms with E-state index in [0.29, 0.717) is 17.0 Å². The molecule has 6 nitrogen and oxygen atoms in total. The largest absolute Gasteiger partial charge is 0.271 e. The van der Waals surface area contributed by atoms with E-state index < -0.39 is 22.5 Å². The molecule has 0 aromatic heterocycles. The average Bonchev–Trinajstić information content (AvgIpc) is 2.69. The number of carbonyl (C=O) groups excluding carboxylic acids is 1. The second-order valence-corrected chi connectivity index (χ2v) is 8.41. The summed E-state index contributed by atoms with van der Waals surface area (Å²) in [5.41, 5.74) is 3.89. The summed E-state index contributed by atoms with van der Waals surface area (Å²) >= 11 is 0. The van der Waals surface area contributed by atoms with Crippen LogP contribution in [0.3, 0.4) is 0 Å². The molecule has 0 bridgehead atoms. The summed E-state index contributed by atoms with van der Waals surface area (Å²) in [5, 5.41) is 5.57. The number of nitrogens with zero attached hydrogens (tertiary/aromatic N) is 2. The van der Waals surface area contributed by atoms with Crippen LogP contribution in [0.15, 0.2) is 71.8 Å². The van der Waals surface area contributed by atoms with Gasteiger partial charge < -0.3 is 0 Å². The van der Waals surface area contributed by atoms with Crippen molar-refractivity contribution in [2.24, 2.45) is 5.10 Å². The van der Waals surface area contributed by atoms with Gasteiger partial charge >= 0.3 is 0 Å². The Morgan fingerprint density at radius 3 is 2.38 bits per heavy atom. The first-order valence-electron chi connectivity index (χ1n) is 8.80. The third-order valence-corrected chi connectivity index (χ3v) is 5.46. The predicted octanol–water partition coefficient (Wildman–Crippen LogP) is 3.29. The van der Waals surface area contributed by atoms with E-state index in [2.05, 4.69) is 10.5 Å². The third-order valence-electron chi connectivity index (χ3n) is 4.33. The van der Waals surface area contributed by atoms with Crippen molar-refractivity contribution in [3.63, 3.8) is 0 Å². The van der Waals surface area contributed by atoms with Crippen molar-refractivity contribution in [3.8, 4) is 0 Å². The van der Waals surface area contributed by atoms with E-state index in [1.165, 1.54) is 12.1 Å². The number of hydrogen-bond acceptors (Lipinski definition) is 4. The maximum absolute atomic E-state index is 13.0. The van der Waals surface area contributed by atoms with Gasteiger partial charge in [-0.25, -0.2) is 18.2 Å². The number of anilines is 1. The second kappa shape index (κ2) is 8.40. The topological polar surface area (TPSA) is 78.8 Å². The zero-order chi connectivity index (χ0) is 21.0. The molecule has 0 aliphatic heterocycles. The molecule has 0 radical (unpaired) electrons. The lowest BCUT2D eigenvalue weighted by Gasteiger charge is -2.23. The van der Waals surface area contributed by atoms with Crippen molar-refractivity contribution >= 4 is 38.1 Å². The quantitative estimate of drug-likeness (QED) is 0.498. The van der Waals surface area contributed by atoms with Gasteiger partial charge in [0.1, 0.15) is 12.4 Å². The number of halogens is 1. The molecule has 0 saturated carbocycles. The number of fused-ring (bicyclic) bond motifs is 1. The minimum atomic E-state index is -3.72. The first kappa shape index (κ1) is 20.5. The van der Waals surface area contributed by atoms with E-state index in [9.17, 15) is 17.6 Å². The molecular formula is C21H20FN3O3S. The predicted molar refractivity (Wildman–Crippen MR) is 113 cm³/mol. The Bertz CT molecular complexity index is 1170. The molecule has 3 aromatic carbocycles. The Morgan fingerprint density at radius 2 is 1.69 bits per heavy atom. The molecule has 3 aromatic rings. The number of hydrazone groups is 1. The second-order valence-electron chi connectivity index (χ2n) is 6.51. The normalized spacial score (nSPS) is 12.0. The number of amides is 1.